The number of nitrogens with one attached hydrogen (secondary N) is 1. The number of likely N-dealkylation sites (tertiary alicyclic amines) is 1. The van der Waals surface area contributed by atoms with Crippen molar-refractivity contribution >= 4 is 28.4 Å². The Labute approximate surface area is 147 Å². The van der Waals surface area contributed by atoms with E-state index in [1.807, 2.05) is 36.2 Å². The van der Waals surface area contributed by atoms with Crippen LogP contribution in [0.15, 0.2) is 24.3 Å². The van der Waals surface area contributed by atoms with Crippen molar-refractivity contribution in [3.8, 4) is 0 Å². The van der Waals surface area contributed by atoms with E-state index in [9.17, 15) is 4.79 Å². The van der Waals surface area contributed by atoms with E-state index in [0.29, 0.717) is 17.0 Å². The standard InChI is InChI=1S/C19H22ClN3O/c1-21-14-3-2-8-23(11-14)19(24)16-10-18(12-4-5-12)22-17-7-6-13(20)9-15(16)17/h6-7,9-10,12,14,21H,2-5,8,11H2,1H3. The molecule has 1 saturated heterocycles. The first kappa shape index (κ1) is 15.9. The highest BCUT2D eigenvalue weighted by Crippen LogP contribution is 2.40. The predicted molar refractivity (Wildman–Crippen MR) is 96.7 cm³/mol. The SMILES string of the molecule is CNC1CCCN(C(=O)c2cc(C3CC3)nc3ccc(Cl)cc23)C1. The van der Waals surface area contributed by atoms with E-state index in [0.717, 1.165) is 48.1 Å². The third-order valence-corrected chi connectivity index (χ3v) is 5.37. The zero-order valence-electron chi connectivity index (χ0n) is 13.9. The Bertz CT molecular complexity index is 788. The minimum atomic E-state index is 0.103. The Kier molecular flexibility index (Phi) is 4.19. The van der Waals surface area contributed by atoms with Crippen LogP contribution in [-0.4, -0.2) is 42.0 Å². The number of carbonyl (C=O) groups is 1. The molecular weight excluding hydrogens is 322 g/mol. The molecule has 1 N–H and O–H groups in total. The van der Waals surface area contributed by atoms with Crippen LogP contribution in [0.1, 0.15) is 47.7 Å². The number of nitrogens with zero attached hydrogens (tertiary/aromatic N) is 2. The van der Waals surface area contributed by atoms with Gasteiger partial charge in [-0.3, -0.25) is 9.78 Å². The minimum absolute atomic E-state index is 0.103. The molecule has 2 aromatic rings. The lowest BCUT2D eigenvalue weighted by atomic mass is 10.0. The molecule has 1 aromatic heterocycles. The van der Waals surface area contributed by atoms with Gasteiger partial charge in [0.25, 0.3) is 5.91 Å². The van der Waals surface area contributed by atoms with Gasteiger partial charge in [0.2, 0.25) is 0 Å². The molecule has 5 heteroatoms. The molecule has 4 rings (SSSR count). The fourth-order valence-electron chi connectivity index (χ4n) is 3.55. The Hall–Kier alpha value is -1.65. The Morgan fingerprint density at radius 2 is 2.12 bits per heavy atom. The van der Waals surface area contributed by atoms with Crippen LogP contribution in [0.5, 0.6) is 0 Å². The molecule has 1 aliphatic heterocycles. The van der Waals surface area contributed by atoms with E-state index in [4.69, 9.17) is 16.6 Å². The van der Waals surface area contributed by atoms with Crippen LogP contribution in [0.4, 0.5) is 0 Å². The highest BCUT2D eigenvalue weighted by atomic mass is 35.5. The number of carbonyl (C=O) groups excluding carboxylic acids is 1. The van der Waals surface area contributed by atoms with E-state index in [1.165, 1.54) is 12.8 Å². The summed E-state index contributed by atoms with van der Waals surface area (Å²) in [4.78, 5) is 19.9. The molecule has 0 spiro atoms. The number of fused-ring (bicyclic) bond motifs is 1. The molecule has 24 heavy (non-hydrogen) atoms. The van der Waals surface area contributed by atoms with E-state index >= 15 is 0 Å². The second-order valence-electron chi connectivity index (χ2n) is 6.91. The largest absolute Gasteiger partial charge is 0.337 e. The Morgan fingerprint density at radius 1 is 1.29 bits per heavy atom. The number of halogens is 1. The maximum absolute atomic E-state index is 13.2. The highest BCUT2D eigenvalue weighted by molar-refractivity contribution is 6.31. The number of piperidine rings is 1. The van der Waals surface area contributed by atoms with Crippen LogP contribution < -0.4 is 5.32 Å². The van der Waals surface area contributed by atoms with Gasteiger partial charge in [0.15, 0.2) is 0 Å². The number of pyridine rings is 1. The van der Waals surface area contributed by atoms with E-state index in [-0.39, 0.29) is 5.91 Å². The van der Waals surface area contributed by atoms with Gasteiger partial charge in [-0.2, -0.15) is 0 Å². The van der Waals surface area contributed by atoms with Gasteiger partial charge < -0.3 is 10.2 Å². The maximum Gasteiger partial charge on any atom is 0.254 e. The topological polar surface area (TPSA) is 45.2 Å². The van der Waals surface area contributed by atoms with Crippen molar-refractivity contribution < 1.29 is 4.79 Å². The number of hydrogen-bond acceptors (Lipinski definition) is 3. The molecule has 1 aliphatic carbocycles. The molecule has 1 unspecified atom stereocenters. The smallest absolute Gasteiger partial charge is 0.254 e. The number of hydrogen-bond donors (Lipinski definition) is 1. The lowest BCUT2D eigenvalue weighted by Gasteiger charge is -2.33. The van der Waals surface area contributed by atoms with Crippen molar-refractivity contribution in [2.24, 2.45) is 0 Å². The molecule has 1 aromatic carbocycles. The number of likely N-dealkylation sites (N-methyl/N-ethyl adjacent to an activating group) is 1. The summed E-state index contributed by atoms with van der Waals surface area (Å²) >= 11 is 6.18. The molecule has 2 fully saturated rings. The van der Waals surface area contributed by atoms with Crippen molar-refractivity contribution in [3.63, 3.8) is 0 Å². The molecular formula is C19H22ClN3O. The fourth-order valence-corrected chi connectivity index (χ4v) is 3.72. The average Bonchev–Trinajstić information content (AvgIpc) is 3.45. The van der Waals surface area contributed by atoms with Gasteiger partial charge in [0.05, 0.1) is 11.1 Å². The van der Waals surface area contributed by atoms with E-state index in [1.54, 1.807) is 0 Å². The monoisotopic (exact) mass is 343 g/mol. The fraction of sp³-hybridized carbons (Fsp3) is 0.474. The summed E-state index contributed by atoms with van der Waals surface area (Å²) in [5.74, 6) is 0.620. The predicted octanol–water partition coefficient (Wildman–Crippen LogP) is 3.59. The molecule has 2 heterocycles. The number of benzene rings is 1. The van der Waals surface area contributed by atoms with Crippen molar-refractivity contribution in [1.82, 2.24) is 15.2 Å². The molecule has 126 valence electrons. The maximum atomic E-state index is 13.2. The average molecular weight is 344 g/mol. The number of rotatable bonds is 3. The van der Waals surface area contributed by atoms with Crippen molar-refractivity contribution in [1.29, 1.82) is 0 Å². The number of amides is 1. The van der Waals surface area contributed by atoms with Gasteiger partial charge in [-0.05, 0) is 57.0 Å². The van der Waals surface area contributed by atoms with E-state index < -0.39 is 0 Å². The lowest BCUT2D eigenvalue weighted by Crippen LogP contribution is -2.47. The molecule has 4 nitrogen and oxygen atoms in total. The van der Waals surface area contributed by atoms with Crippen LogP contribution in [0, 0.1) is 0 Å². The van der Waals surface area contributed by atoms with Crippen molar-refractivity contribution in [3.05, 3.63) is 40.5 Å². The van der Waals surface area contributed by atoms with Gasteiger partial charge in [-0.1, -0.05) is 11.6 Å². The second-order valence-corrected chi connectivity index (χ2v) is 7.35. The third kappa shape index (κ3) is 3.01. The molecule has 0 radical (unpaired) electrons. The second kappa shape index (κ2) is 6.34. The minimum Gasteiger partial charge on any atom is -0.337 e. The molecule has 2 aliphatic rings. The van der Waals surface area contributed by atoms with Crippen LogP contribution in [0.2, 0.25) is 5.02 Å². The van der Waals surface area contributed by atoms with Gasteiger partial charge in [0.1, 0.15) is 0 Å². The molecule has 0 bridgehead atoms. The highest BCUT2D eigenvalue weighted by Gasteiger charge is 2.29. The summed E-state index contributed by atoms with van der Waals surface area (Å²) in [6.07, 6.45) is 4.50. The van der Waals surface area contributed by atoms with Crippen molar-refractivity contribution in [2.45, 2.75) is 37.6 Å². The van der Waals surface area contributed by atoms with Crippen LogP contribution in [0.3, 0.4) is 0 Å². The first-order chi connectivity index (χ1) is 11.7. The summed E-state index contributed by atoms with van der Waals surface area (Å²) < 4.78 is 0. The summed E-state index contributed by atoms with van der Waals surface area (Å²) in [6.45, 7) is 1.58. The third-order valence-electron chi connectivity index (χ3n) is 5.13. The van der Waals surface area contributed by atoms with Crippen LogP contribution >= 0.6 is 11.6 Å². The number of aromatic nitrogens is 1. The zero-order valence-corrected chi connectivity index (χ0v) is 14.6. The lowest BCUT2D eigenvalue weighted by molar-refractivity contribution is 0.0700. The molecule has 1 atom stereocenters. The van der Waals surface area contributed by atoms with E-state index in [2.05, 4.69) is 5.32 Å². The summed E-state index contributed by atoms with van der Waals surface area (Å²) in [5, 5.41) is 4.81. The summed E-state index contributed by atoms with van der Waals surface area (Å²) in [5.41, 5.74) is 2.67. The van der Waals surface area contributed by atoms with Crippen molar-refractivity contribution in [2.75, 3.05) is 20.1 Å². The van der Waals surface area contributed by atoms with Gasteiger partial charge in [0, 0.05) is 41.2 Å². The van der Waals surface area contributed by atoms with Crippen LogP contribution in [0.25, 0.3) is 10.9 Å². The van der Waals surface area contributed by atoms with Gasteiger partial charge >= 0.3 is 0 Å². The first-order valence-electron chi connectivity index (χ1n) is 8.72. The van der Waals surface area contributed by atoms with Gasteiger partial charge in [-0.15, -0.1) is 0 Å². The zero-order chi connectivity index (χ0) is 16.7. The van der Waals surface area contributed by atoms with Gasteiger partial charge in [-0.25, -0.2) is 0 Å². The van der Waals surface area contributed by atoms with Crippen LogP contribution in [-0.2, 0) is 0 Å². The summed E-state index contributed by atoms with van der Waals surface area (Å²) in [6, 6.07) is 8.02. The summed E-state index contributed by atoms with van der Waals surface area (Å²) in [7, 11) is 1.96. The molecule has 1 amide bonds. The quantitative estimate of drug-likeness (QED) is 0.926. The Morgan fingerprint density at radius 3 is 2.88 bits per heavy atom. The molecule has 1 saturated carbocycles. The Balaban J connectivity index is 1.76. The normalized spacial score (nSPS) is 21.2. The first-order valence-corrected chi connectivity index (χ1v) is 9.10.